The number of rotatable bonds is 3. The number of hydrogen-bond donors (Lipinski definition) is 0. The molecule has 4 heteroatoms. The van der Waals surface area contributed by atoms with Gasteiger partial charge in [0.25, 0.3) is 0 Å². The molecule has 0 N–H and O–H groups in total. The second-order valence-electron chi connectivity index (χ2n) is 5.67. The highest BCUT2D eigenvalue weighted by atomic mass is 16.5. The molecule has 108 valence electrons. The molecule has 0 bridgehead atoms. The molecule has 21 heavy (non-hydrogen) atoms. The maximum absolute atomic E-state index is 11.8. The van der Waals surface area contributed by atoms with Gasteiger partial charge < -0.3 is 4.74 Å². The van der Waals surface area contributed by atoms with Crippen LogP contribution < -0.4 is 4.74 Å². The highest BCUT2D eigenvalue weighted by Crippen LogP contribution is 2.23. The Bertz CT molecular complexity index is 626. The summed E-state index contributed by atoms with van der Waals surface area (Å²) in [6.45, 7) is 5.45. The predicted octanol–water partition coefficient (Wildman–Crippen LogP) is 5.05. The SMILES string of the molecule is CC(C)(C)C(=O)Oc1ccc(/N=N/c2ccccc2)cc1. The van der Waals surface area contributed by atoms with Gasteiger partial charge in [-0.15, -0.1) is 0 Å². The Hall–Kier alpha value is -2.49. The summed E-state index contributed by atoms with van der Waals surface area (Å²) < 4.78 is 5.29. The van der Waals surface area contributed by atoms with E-state index in [-0.39, 0.29) is 5.97 Å². The molecule has 0 amide bonds. The molecule has 0 fully saturated rings. The highest BCUT2D eigenvalue weighted by molar-refractivity contribution is 5.77. The van der Waals surface area contributed by atoms with Crippen LogP contribution in [0.15, 0.2) is 64.8 Å². The third-order valence-electron chi connectivity index (χ3n) is 2.70. The Morgan fingerprint density at radius 1 is 0.857 bits per heavy atom. The third kappa shape index (κ3) is 4.53. The molecule has 0 saturated carbocycles. The number of ether oxygens (including phenoxy) is 1. The Morgan fingerprint density at radius 3 is 1.90 bits per heavy atom. The van der Waals surface area contributed by atoms with Crippen LogP contribution in [0, 0.1) is 5.41 Å². The van der Waals surface area contributed by atoms with Crippen LogP contribution in [-0.2, 0) is 4.79 Å². The second kappa shape index (κ2) is 6.31. The molecule has 0 aliphatic heterocycles. The molecule has 0 spiro atoms. The molecule has 0 heterocycles. The molecule has 0 aliphatic carbocycles. The Morgan fingerprint density at radius 2 is 1.38 bits per heavy atom. The lowest BCUT2D eigenvalue weighted by molar-refractivity contribution is -0.142. The maximum atomic E-state index is 11.8. The van der Waals surface area contributed by atoms with Crippen molar-refractivity contribution >= 4 is 17.3 Å². The van der Waals surface area contributed by atoms with Crippen LogP contribution in [0.5, 0.6) is 5.75 Å². The second-order valence-corrected chi connectivity index (χ2v) is 5.67. The largest absolute Gasteiger partial charge is 0.426 e. The lowest BCUT2D eigenvalue weighted by atomic mass is 9.97. The monoisotopic (exact) mass is 282 g/mol. The van der Waals surface area contributed by atoms with Crippen molar-refractivity contribution in [2.75, 3.05) is 0 Å². The molecule has 0 saturated heterocycles. The van der Waals surface area contributed by atoms with Crippen molar-refractivity contribution in [2.24, 2.45) is 15.6 Å². The average Bonchev–Trinajstić information content (AvgIpc) is 2.46. The van der Waals surface area contributed by atoms with Crippen molar-refractivity contribution in [3.63, 3.8) is 0 Å². The third-order valence-corrected chi connectivity index (χ3v) is 2.70. The van der Waals surface area contributed by atoms with Gasteiger partial charge in [-0.05, 0) is 57.2 Å². The Kier molecular flexibility index (Phi) is 4.48. The van der Waals surface area contributed by atoms with Crippen molar-refractivity contribution in [3.8, 4) is 5.75 Å². The first-order chi connectivity index (χ1) is 9.95. The maximum Gasteiger partial charge on any atom is 0.316 e. The van der Waals surface area contributed by atoms with Gasteiger partial charge in [0.05, 0.1) is 16.8 Å². The summed E-state index contributed by atoms with van der Waals surface area (Å²) >= 11 is 0. The van der Waals surface area contributed by atoms with Crippen LogP contribution >= 0.6 is 0 Å². The van der Waals surface area contributed by atoms with Gasteiger partial charge in [-0.2, -0.15) is 10.2 Å². The van der Waals surface area contributed by atoms with Gasteiger partial charge in [-0.3, -0.25) is 4.79 Å². The molecule has 0 aromatic heterocycles. The van der Waals surface area contributed by atoms with Crippen LogP contribution in [0.4, 0.5) is 11.4 Å². The number of benzene rings is 2. The number of nitrogens with zero attached hydrogens (tertiary/aromatic N) is 2. The molecule has 0 aliphatic rings. The minimum Gasteiger partial charge on any atom is -0.426 e. The Balaban J connectivity index is 2.03. The van der Waals surface area contributed by atoms with Crippen LogP contribution in [-0.4, -0.2) is 5.97 Å². The summed E-state index contributed by atoms with van der Waals surface area (Å²) in [5.41, 5.74) is 0.973. The summed E-state index contributed by atoms with van der Waals surface area (Å²) in [4.78, 5) is 11.8. The minimum absolute atomic E-state index is 0.263. The van der Waals surface area contributed by atoms with Crippen molar-refractivity contribution in [3.05, 3.63) is 54.6 Å². The van der Waals surface area contributed by atoms with E-state index >= 15 is 0 Å². The molecule has 4 nitrogen and oxygen atoms in total. The summed E-state index contributed by atoms with van der Waals surface area (Å²) in [7, 11) is 0. The van der Waals surface area contributed by atoms with E-state index in [0.29, 0.717) is 11.4 Å². The van der Waals surface area contributed by atoms with E-state index in [1.807, 2.05) is 51.1 Å². The van der Waals surface area contributed by atoms with Crippen LogP contribution in [0.3, 0.4) is 0 Å². The minimum atomic E-state index is -0.522. The van der Waals surface area contributed by atoms with E-state index in [1.54, 1.807) is 24.3 Å². The zero-order valence-corrected chi connectivity index (χ0v) is 12.4. The van der Waals surface area contributed by atoms with Gasteiger partial charge in [-0.25, -0.2) is 0 Å². The van der Waals surface area contributed by atoms with E-state index in [0.717, 1.165) is 5.69 Å². The number of azo groups is 1. The van der Waals surface area contributed by atoms with Crippen LogP contribution in [0.25, 0.3) is 0 Å². The summed E-state index contributed by atoms with van der Waals surface area (Å²) in [5.74, 6) is 0.245. The summed E-state index contributed by atoms with van der Waals surface area (Å²) in [5, 5.41) is 8.25. The zero-order valence-electron chi connectivity index (χ0n) is 12.4. The van der Waals surface area contributed by atoms with Crippen LogP contribution in [0.1, 0.15) is 20.8 Å². The lowest BCUT2D eigenvalue weighted by Crippen LogP contribution is -2.25. The normalized spacial score (nSPS) is 11.6. The van der Waals surface area contributed by atoms with E-state index in [1.165, 1.54) is 0 Å². The van der Waals surface area contributed by atoms with E-state index in [9.17, 15) is 4.79 Å². The van der Waals surface area contributed by atoms with Gasteiger partial charge in [0.2, 0.25) is 0 Å². The standard InChI is InChI=1S/C17H18N2O2/c1-17(2,3)16(20)21-15-11-9-14(10-12-15)19-18-13-7-5-4-6-8-13/h4-12H,1-3H3/b19-18+. The molecular formula is C17H18N2O2. The highest BCUT2D eigenvalue weighted by Gasteiger charge is 2.23. The average molecular weight is 282 g/mol. The van der Waals surface area contributed by atoms with Gasteiger partial charge in [0.1, 0.15) is 5.75 Å². The first kappa shape index (κ1) is 14.9. The fourth-order valence-corrected chi connectivity index (χ4v) is 1.45. The molecule has 2 aromatic rings. The number of carbonyl (C=O) groups is 1. The van der Waals surface area contributed by atoms with E-state index in [4.69, 9.17) is 4.74 Å². The van der Waals surface area contributed by atoms with Crippen molar-refractivity contribution in [2.45, 2.75) is 20.8 Å². The molecular weight excluding hydrogens is 264 g/mol. The predicted molar refractivity (Wildman–Crippen MR) is 82.2 cm³/mol. The van der Waals surface area contributed by atoms with E-state index < -0.39 is 5.41 Å². The molecule has 2 aromatic carbocycles. The molecule has 0 atom stereocenters. The van der Waals surface area contributed by atoms with Gasteiger partial charge in [0.15, 0.2) is 0 Å². The lowest BCUT2D eigenvalue weighted by Gasteiger charge is -2.16. The molecule has 0 radical (unpaired) electrons. The first-order valence-electron chi connectivity index (χ1n) is 6.74. The van der Waals surface area contributed by atoms with Crippen LogP contribution in [0.2, 0.25) is 0 Å². The number of carbonyl (C=O) groups excluding carboxylic acids is 1. The van der Waals surface area contributed by atoms with E-state index in [2.05, 4.69) is 10.2 Å². The number of esters is 1. The fourth-order valence-electron chi connectivity index (χ4n) is 1.45. The smallest absolute Gasteiger partial charge is 0.316 e. The molecule has 2 rings (SSSR count). The van der Waals surface area contributed by atoms with Gasteiger partial charge >= 0.3 is 5.97 Å². The van der Waals surface area contributed by atoms with Gasteiger partial charge in [0, 0.05) is 0 Å². The number of hydrogen-bond acceptors (Lipinski definition) is 4. The Labute approximate surface area is 124 Å². The van der Waals surface area contributed by atoms with Crippen molar-refractivity contribution in [1.82, 2.24) is 0 Å². The molecule has 0 unspecified atom stereocenters. The van der Waals surface area contributed by atoms with Crippen molar-refractivity contribution in [1.29, 1.82) is 0 Å². The quantitative estimate of drug-likeness (QED) is 0.449. The first-order valence-corrected chi connectivity index (χ1v) is 6.74. The summed E-state index contributed by atoms with van der Waals surface area (Å²) in [6.07, 6.45) is 0. The van der Waals surface area contributed by atoms with Crippen molar-refractivity contribution < 1.29 is 9.53 Å². The topological polar surface area (TPSA) is 51.0 Å². The summed E-state index contributed by atoms with van der Waals surface area (Å²) in [6, 6.07) is 16.4. The fraction of sp³-hybridized carbons (Fsp3) is 0.235. The zero-order chi connectivity index (χ0) is 15.3. The van der Waals surface area contributed by atoms with Gasteiger partial charge in [-0.1, -0.05) is 18.2 Å².